The molecule has 1 N–H and O–H groups in total. The summed E-state index contributed by atoms with van der Waals surface area (Å²) in [6.07, 6.45) is 1.01. The van der Waals surface area contributed by atoms with Gasteiger partial charge < -0.3 is 10.1 Å². The number of rotatable bonds is 6. The van der Waals surface area contributed by atoms with Gasteiger partial charge in [0.2, 0.25) is 0 Å². The van der Waals surface area contributed by atoms with Gasteiger partial charge in [0.05, 0.1) is 7.11 Å². The lowest BCUT2D eigenvalue weighted by molar-refractivity contribution is 0.414. The second kappa shape index (κ2) is 6.91. The number of nitrogens with one attached hydrogen (secondary N) is 1. The molecule has 1 unspecified atom stereocenters. The molecule has 0 amide bonds. The molecule has 0 aliphatic heterocycles. The first kappa shape index (κ1) is 15.1. The summed E-state index contributed by atoms with van der Waals surface area (Å²) in [6.45, 7) is 7.54. The monoisotopic (exact) mass is 289 g/mol. The van der Waals surface area contributed by atoms with E-state index in [0.717, 1.165) is 18.7 Å². The van der Waals surface area contributed by atoms with Crippen LogP contribution in [0.3, 0.4) is 0 Å². The fraction of sp³-hybridized carbons (Fsp3) is 0.412. The highest BCUT2D eigenvalue weighted by molar-refractivity contribution is 7.12. The van der Waals surface area contributed by atoms with Crippen molar-refractivity contribution in [1.29, 1.82) is 0 Å². The van der Waals surface area contributed by atoms with Crippen LogP contribution >= 0.6 is 11.3 Å². The van der Waals surface area contributed by atoms with Gasteiger partial charge in [0.15, 0.2) is 0 Å². The zero-order valence-electron chi connectivity index (χ0n) is 12.7. The van der Waals surface area contributed by atoms with Crippen LogP contribution in [0.1, 0.15) is 33.8 Å². The molecule has 2 aromatic rings. The highest BCUT2D eigenvalue weighted by Gasteiger charge is 2.15. The normalized spacial score (nSPS) is 12.4. The van der Waals surface area contributed by atoms with Crippen LogP contribution in [-0.4, -0.2) is 13.7 Å². The number of hydrogen-bond acceptors (Lipinski definition) is 3. The highest BCUT2D eigenvalue weighted by Crippen LogP contribution is 2.29. The zero-order chi connectivity index (χ0) is 14.5. The van der Waals surface area contributed by atoms with E-state index in [-0.39, 0.29) is 0 Å². The van der Waals surface area contributed by atoms with Gasteiger partial charge in [0.25, 0.3) is 0 Å². The summed E-state index contributed by atoms with van der Waals surface area (Å²) in [5, 5.41) is 3.61. The van der Waals surface area contributed by atoms with Crippen LogP contribution < -0.4 is 10.1 Å². The number of likely N-dealkylation sites (N-methyl/N-ethyl adjacent to an activating group) is 1. The molecule has 108 valence electrons. The van der Waals surface area contributed by atoms with Gasteiger partial charge in [-0.2, -0.15) is 0 Å². The minimum Gasteiger partial charge on any atom is -0.497 e. The van der Waals surface area contributed by atoms with Gasteiger partial charge in [-0.1, -0.05) is 19.1 Å². The second-order valence-electron chi connectivity index (χ2n) is 5.03. The Bertz CT molecular complexity index is 545. The lowest BCUT2D eigenvalue weighted by atomic mass is 9.99. The largest absolute Gasteiger partial charge is 0.497 e. The Kier molecular flexibility index (Phi) is 5.21. The number of hydrogen-bond donors (Lipinski definition) is 1. The Morgan fingerprint density at radius 2 is 1.90 bits per heavy atom. The molecule has 0 saturated carbocycles. The Labute approximate surface area is 125 Å². The topological polar surface area (TPSA) is 21.3 Å². The van der Waals surface area contributed by atoms with Gasteiger partial charge >= 0.3 is 0 Å². The van der Waals surface area contributed by atoms with Crippen LogP contribution in [0.25, 0.3) is 0 Å². The lowest BCUT2D eigenvalue weighted by Crippen LogP contribution is -2.23. The van der Waals surface area contributed by atoms with E-state index in [1.165, 1.54) is 20.9 Å². The Balaban J connectivity index is 2.18. The number of aryl methyl sites for hydroxylation is 2. The predicted octanol–water partition coefficient (Wildman–Crippen LogP) is 4.27. The van der Waals surface area contributed by atoms with Crippen molar-refractivity contribution in [3.63, 3.8) is 0 Å². The first-order valence-electron chi connectivity index (χ1n) is 7.07. The minimum absolute atomic E-state index is 0.387. The predicted molar refractivity (Wildman–Crippen MR) is 86.9 cm³/mol. The molecule has 1 aromatic heterocycles. The van der Waals surface area contributed by atoms with Crippen LogP contribution in [0.5, 0.6) is 5.75 Å². The van der Waals surface area contributed by atoms with Crippen molar-refractivity contribution in [2.75, 3.05) is 13.7 Å². The van der Waals surface area contributed by atoms with E-state index in [1.807, 2.05) is 23.5 Å². The van der Waals surface area contributed by atoms with E-state index in [4.69, 9.17) is 4.74 Å². The van der Waals surface area contributed by atoms with Crippen molar-refractivity contribution in [2.45, 2.75) is 33.2 Å². The van der Waals surface area contributed by atoms with Gasteiger partial charge in [-0.25, -0.2) is 0 Å². The van der Waals surface area contributed by atoms with Crippen LogP contribution in [0.2, 0.25) is 0 Å². The molecule has 2 rings (SSSR count). The average molecular weight is 289 g/mol. The summed E-state index contributed by atoms with van der Waals surface area (Å²) in [7, 11) is 1.70. The Morgan fingerprint density at radius 1 is 1.20 bits per heavy atom. The highest BCUT2D eigenvalue weighted by atomic mass is 32.1. The molecule has 20 heavy (non-hydrogen) atoms. The van der Waals surface area contributed by atoms with Gasteiger partial charge in [0.1, 0.15) is 5.75 Å². The Hall–Kier alpha value is -1.32. The summed E-state index contributed by atoms with van der Waals surface area (Å²) in [4.78, 5) is 2.80. The molecular weight excluding hydrogens is 266 g/mol. The summed E-state index contributed by atoms with van der Waals surface area (Å²) >= 11 is 1.88. The fourth-order valence-corrected chi connectivity index (χ4v) is 3.52. The van der Waals surface area contributed by atoms with Crippen LogP contribution in [-0.2, 0) is 6.42 Å². The van der Waals surface area contributed by atoms with Crippen molar-refractivity contribution in [1.82, 2.24) is 5.32 Å². The smallest absolute Gasteiger partial charge is 0.118 e. The van der Waals surface area contributed by atoms with E-state index in [0.29, 0.717) is 6.04 Å². The maximum atomic E-state index is 5.21. The molecule has 0 bridgehead atoms. The fourth-order valence-electron chi connectivity index (χ4n) is 2.53. The standard InChI is InChI=1S/C17H23NOS/c1-5-18-17(16-10-12(2)20-13(16)3)11-14-6-8-15(19-4)9-7-14/h6-10,17-18H,5,11H2,1-4H3. The maximum absolute atomic E-state index is 5.21. The number of methoxy groups -OCH3 is 1. The summed E-state index contributed by atoms with van der Waals surface area (Å²) in [6, 6.07) is 11.1. The maximum Gasteiger partial charge on any atom is 0.118 e. The quantitative estimate of drug-likeness (QED) is 0.857. The molecule has 0 aliphatic rings. The van der Waals surface area contributed by atoms with E-state index >= 15 is 0 Å². The van der Waals surface area contributed by atoms with E-state index in [2.05, 4.69) is 44.3 Å². The molecule has 0 fully saturated rings. The van der Waals surface area contributed by atoms with Crippen molar-refractivity contribution in [2.24, 2.45) is 0 Å². The summed E-state index contributed by atoms with van der Waals surface area (Å²) < 4.78 is 5.21. The van der Waals surface area contributed by atoms with Crippen molar-refractivity contribution >= 4 is 11.3 Å². The number of thiophene rings is 1. The molecule has 3 heteroatoms. The first-order chi connectivity index (χ1) is 9.63. The Morgan fingerprint density at radius 3 is 2.40 bits per heavy atom. The van der Waals surface area contributed by atoms with Gasteiger partial charge in [-0.05, 0) is 56.1 Å². The molecule has 1 heterocycles. The van der Waals surface area contributed by atoms with Crippen molar-refractivity contribution in [3.05, 3.63) is 51.2 Å². The molecule has 1 atom stereocenters. The van der Waals surface area contributed by atoms with Gasteiger partial charge in [0, 0.05) is 15.8 Å². The molecule has 0 saturated heterocycles. The lowest BCUT2D eigenvalue weighted by Gasteiger charge is -2.18. The number of benzene rings is 1. The molecule has 1 aromatic carbocycles. The van der Waals surface area contributed by atoms with Crippen LogP contribution in [0.4, 0.5) is 0 Å². The van der Waals surface area contributed by atoms with E-state index < -0.39 is 0 Å². The molecule has 2 nitrogen and oxygen atoms in total. The molecule has 0 spiro atoms. The van der Waals surface area contributed by atoms with Crippen molar-refractivity contribution in [3.8, 4) is 5.75 Å². The van der Waals surface area contributed by atoms with Gasteiger partial charge in [-0.3, -0.25) is 0 Å². The second-order valence-corrected chi connectivity index (χ2v) is 6.49. The molecule has 0 aliphatic carbocycles. The average Bonchev–Trinajstić information content (AvgIpc) is 2.78. The van der Waals surface area contributed by atoms with Crippen LogP contribution in [0.15, 0.2) is 30.3 Å². The molecule has 0 radical (unpaired) electrons. The zero-order valence-corrected chi connectivity index (χ0v) is 13.5. The molecular formula is C17H23NOS. The third-order valence-corrected chi connectivity index (χ3v) is 4.49. The van der Waals surface area contributed by atoms with Crippen LogP contribution in [0, 0.1) is 13.8 Å². The first-order valence-corrected chi connectivity index (χ1v) is 7.89. The number of ether oxygens (including phenoxy) is 1. The minimum atomic E-state index is 0.387. The van der Waals surface area contributed by atoms with E-state index in [9.17, 15) is 0 Å². The third-order valence-electron chi connectivity index (χ3n) is 3.50. The van der Waals surface area contributed by atoms with Crippen molar-refractivity contribution < 1.29 is 4.74 Å². The summed E-state index contributed by atoms with van der Waals surface area (Å²) in [5.41, 5.74) is 2.77. The van der Waals surface area contributed by atoms with Gasteiger partial charge in [-0.15, -0.1) is 11.3 Å². The SMILES string of the molecule is CCNC(Cc1ccc(OC)cc1)c1cc(C)sc1C. The summed E-state index contributed by atoms with van der Waals surface area (Å²) in [5.74, 6) is 0.913. The van der Waals surface area contributed by atoms with E-state index in [1.54, 1.807) is 7.11 Å². The third kappa shape index (κ3) is 3.62.